The lowest BCUT2D eigenvalue weighted by Gasteiger charge is -2.19. The molecule has 17 heavy (non-hydrogen) atoms. The van der Waals surface area contributed by atoms with Crippen molar-refractivity contribution in [1.29, 1.82) is 0 Å². The zero-order valence-electron chi connectivity index (χ0n) is 9.62. The molecular formula is C12H16N4O. The summed E-state index contributed by atoms with van der Waals surface area (Å²) in [5, 5.41) is 3.60. The highest BCUT2D eigenvalue weighted by atomic mass is 16.5. The Balaban J connectivity index is 1.97. The van der Waals surface area contributed by atoms with E-state index in [-0.39, 0.29) is 0 Å². The fourth-order valence-corrected chi connectivity index (χ4v) is 1.70. The number of hydrogen-bond donors (Lipinski definition) is 1. The van der Waals surface area contributed by atoms with E-state index in [1.54, 1.807) is 0 Å². The third-order valence-electron chi connectivity index (χ3n) is 2.46. The maximum atomic E-state index is 5.60. The predicted octanol–water partition coefficient (Wildman–Crippen LogP) is 1.03. The molecule has 2 rings (SSSR count). The highest BCUT2D eigenvalue weighted by molar-refractivity contribution is 5.14. The zero-order chi connectivity index (χ0) is 11.9. The molecule has 0 saturated heterocycles. The Morgan fingerprint density at radius 3 is 2.65 bits per heavy atom. The summed E-state index contributed by atoms with van der Waals surface area (Å²) in [7, 11) is 0. The van der Waals surface area contributed by atoms with Gasteiger partial charge in [0.2, 0.25) is 5.89 Å². The molecule has 0 aliphatic carbocycles. The first-order chi connectivity index (χ1) is 8.38. The Kier molecular flexibility index (Phi) is 4.23. The van der Waals surface area contributed by atoms with Crippen LogP contribution in [0.1, 0.15) is 11.5 Å². The van der Waals surface area contributed by atoms with Gasteiger partial charge in [0, 0.05) is 19.6 Å². The third kappa shape index (κ3) is 3.65. The molecule has 0 spiro atoms. The minimum Gasteiger partial charge on any atom is -0.338 e. The van der Waals surface area contributed by atoms with Crippen LogP contribution in [-0.4, -0.2) is 28.1 Å². The lowest BCUT2D eigenvalue weighted by molar-refractivity contribution is 0.224. The molecule has 1 aromatic heterocycles. The summed E-state index contributed by atoms with van der Waals surface area (Å²) in [5.41, 5.74) is 6.85. The first-order valence-corrected chi connectivity index (χ1v) is 5.60. The number of hydrogen-bond acceptors (Lipinski definition) is 5. The van der Waals surface area contributed by atoms with Crippen molar-refractivity contribution in [3.8, 4) is 0 Å². The maximum Gasteiger partial charge on any atom is 0.240 e. The van der Waals surface area contributed by atoms with Crippen LogP contribution < -0.4 is 5.73 Å². The second-order valence-corrected chi connectivity index (χ2v) is 3.82. The Hall–Kier alpha value is -1.72. The molecule has 5 nitrogen and oxygen atoms in total. The van der Waals surface area contributed by atoms with E-state index >= 15 is 0 Å². The largest absolute Gasteiger partial charge is 0.338 e. The standard InChI is InChI=1S/C12H16N4O/c13-6-7-16(9-12-14-10-15-17-12)8-11-4-2-1-3-5-11/h1-5,10H,6-9,13H2. The topological polar surface area (TPSA) is 68.2 Å². The van der Waals surface area contributed by atoms with Gasteiger partial charge < -0.3 is 10.3 Å². The number of benzene rings is 1. The molecule has 0 aliphatic heterocycles. The Morgan fingerprint density at radius 2 is 2.00 bits per heavy atom. The molecule has 0 fully saturated rings. The molecule has 0 saturated carbocycles. The smallest absolute Gasteiger partial charge is 0.240 e. The summed E-state index contributed by atoms with van der Waals surface area (Å²) >= 11 is 0. The average molecular weight is 232 g/mol. The second kappa shape index (κ2) is 6.12. The van der Waals surface area contributed by atoms with Crippen molar-refractivity contribution >= 4 is 0 Å². The summed E-state index contributed by atoms with van der Waals surface area (Å²) in [6.45, 7) is 2.88. The minimum atomic E-state index is 0.612. The van der Waals surface area contributed by atoms with Crippen LogP contribution in [-0.2, 0) is 13.1 Å². The van der Waals surface area contributed by atoms with Crippen LogP contribution in [0.5, 0.6) is 0 Å². The van der Waals surface area contributed by atoms with Crippen molar-refractivity contribution in [3.63, 3.8) is 0 Å². The SMILES string of the molecule is NCCN(Cc1ccccc1)Cc1ncno1. The maximum absolute atomic E-state index is 5.60. The van der Waals surface area contributed by atoms with E-state index in [2.05, 4.69) is 27.2 Å². The van der Waals surface area contributed by atoms with E-state index in [1.807, 2.05) is 18.2 Å². The van der Waals surface area contributed by atoms with E-state index in [0.717, 1.165) is 13.1 Å². The number of rotatable bonds is 6. The summed E-state index contributed by atoms with van der Waals surface area (Å²) < 4.78 is 5.00. The Labute approximate surface area is 100 Å². The van der Waals surface area contributed by atoms with E-state index in [1.165, 1.54) is 11.9 Å². The van der Waals surface area contributed by atoms with Gasteiger partial charge in [-0.2, -0.15) is 4.98 Å². The van der Waals surface area contributed by atoms with Gasteiger partial charge in [-0.25, -0.2) is 0 Å². The predicted molar refractivity (Wildman–Crippen MR) is 63.9 cm³/mol. The van der Waals surface area contributed by atoms with Crippen LogP contribution in [0.3, 0.4) is 0 Å². The first kappa shape index (κ1) is 11.8. The van der Waals surface area contributed by atoms with Crippen LogP contribution in [0, 0.1) is 0 Å². The first-order valence-electron chi connectivity index (χ1n) is 5.60. The van der Waals surface area contributed by atoms with Crippen LogP contribution in [0.15, 0.2) is 41.2 Å². The van der Waals surface area contributed by atoms with Gasteiger partial charge in [-0.05, 0) is 5.56 Å². The third-order valence-corrected chi connectivity index (χ3v) is 2.46. The molecule has 90 valence electrons. The summed E-state index contributed by atoms with van der Waals surface area (Å²) in [6.07, 6.45) is 1.42. The average Bonchev–Trinajstić information content (AvgIpc) is 2.83. The second-order valence-electron chi connectivity index (χ2n) is 3.82. The molecule has 1 aromatic carbocycles. The molecule has 0 aliphatic rings. The van der Waals surface area contributed by atoms with Crippen molar-refractivity contribution in [3.05, 3.63) is 48.1 Å². The molecule has 0 amide bonds. The van der Waals surface area contributed by atoms with E-state index in [0.29, 0.717) is 19.0 Å². The summed E-state index contributed by atoms with van der Waals surface area (Å²) in [4.78, 5) is 6.20. The monoisotopic (exact) mass is 232 g/mol. The molecule has 5 heteroatoms. The van der Waals surface area contributed by atoms with Gasteiger partial charge in [-0.1, -0.05) is 35.5 Å². The fourth-order valence-electron chi connectivity index (χ4n) is 1.70. The normalized spacial score (nSPS) is 10.9. The van der Waals surface area contributed by atoms with Crippen LogP contribution in [0.25, 0.3) is 0 Å². The van der Waals surface area contributed by atoms with E-state index in [9.17, 15) is 0 Å². The molecule has 0 atom stereocenters. The van der Waals surface area contributed by atoms with Crippen molar-refractivity contribution in [2.24, 2.45) is 5.73 Å². The molecule has 0 radical (unpaired) electrons. The van der Waals surface area contributed by atoms with Crippen LogP contribution >= 0.6 is 0 Å². The van der Waals surface area contributed by atoms with Gasteiger partial charge in [-0.15, -0.1) is 0 Å². The lowest BCUT2D eigenvalue weighted by Crippen LogP contribution is -2.28. The molecule has 1 heterocycles. The zero-order valence-corrected chi connectivity index (χ0v) is 9.62. The quantitative estimate of drug-likeness (QED) is 0.805. The van der Waals surface area contributed by atoms with Gasteiger partial charge in [0.05, 0.1) is 6.54 Å². The van der Waals surface area contributed by atoms with E-state index in [4.69, 9.17) is 10.3 Å². The minimum absolute atomic E-state index is 0.612. The van der Waals surface area contributed by atoms with Gasteiger partial charge in [0.25, 0.3) is 0 Å². The lowest BCUT2D eigenvalue weighted by atomic mass is 10.2. The van der Waals surface area contributed by atoms with Crippen molar-refractivity contribution in [2.75, 3.05) is 13.1 Å². The molecule has 0 bridgehead atoms. The molecular weight excluding hydrogens is 216 g/mol. The molecule has 2 aromatic rings. The van der Waals surface area contributed by atoms with Crippen molar-refractivity contribution < 1.29 is 4.52 Å². The van der Waals surface area contributed by atoms with Gasteiger partial charge in [0.1, 0.15) is 0 Å². The number of nitrogens with zero attached hydrogens (tertiary/aromatic N) is 3. The van der Waals surface area contributed by atoms with Gasteiger partial charge >= 0.3 is 0 Å². The van der Waals surface area contributed by atoms with Gasteiger partial charge in [-0.3, -0.25) is 4.90 Å². The number of nitrogens with two attached hydrogens (primary N) is 1. The summed E-state index contributed by atoms with van der Waals surface area (Å²) in [5.74, 6) is 0.620. The molecule has 0 unspecified atom stereocenters. The molecule has 2 N–H and O–H groups in total. The summed E-state index contributed by atoms with van der Waals surface area (Å²) in [6, 6.07) is 10.3. The fraction of sp³-hybridized carbons (Fsp3) is 0.333. The van der Waals surface area contributed by atoms with Gasteiger partial charge in [0.15, 0.2) is 6.33 Å². The Bertz CT molecular complexity index is 415. The van der Waals surface area contributed by atoms with Crippen LogP contribution in [0.2, 0.25) is 0 Å². The van der Waals surface area contributed by atoms with E-state index < -0.39 is 0 Å². The van der Waals surface area contributed by atoms with Crippen molar-refractivity contribution in [2.45, 2.75) is 13.1 Å². The van der Waals surface area contributed by atoms with Crippen molar-refractivity contribution in [1.82, 2.24) is 15.0 Å². The van der Waals surface area contributed by atoms with Crippen LogP contribution in [0.4, 0.5) is 0 Å². The highest BCUT2D eigenvalue weighted by Gasteiger charge is 2.09. The number of aromatic nitrogens is 2. The Morgan fingerprint density at radius 1 is 1.18 bits per heavy atom. The highest BCUT2D eigenvalue weighted by Crippen LogP contribution is 2.07.